The van der Waals surface area contributed by atoms with Crippen LogP contribution in [0.2, 0.25) is 0 Å². The van der Waals surface area contributed by atoms with E-state index in [9.17, 15) is 19.2 Å². The van der Waals surface area contributed by atoms with Crippen LogP contribution in [0.15, 0.2) is 48.5 Å². The average Bonchev–Trinajstić information content (AvgIpc) is 2.94. The molecule has 1 aliphatic rings. The van der Waals surface area contributed by atoms with Crippen LogP contribution in [0.1, 0.15) is 55.5 Å². The van der Waals surface area contributed by atoms with Gasteiger partial charge >= 0.3 is 0 Å². The van der Waals surface area contributed by atoms with Gasteiger partial charge < -0.3 is 30.7 Å². The maximum absolute atomic E-state index is 13.2. The van der Waals surface area contributed by atoms with Crippen molar-refractivity contribution in [2.24, 2.45) is 5.92 Å². The minimum absolute atomic E-state index is 0.152. The van der Waals surface area contributed by atoms with Crippen LogP contribution in [-0.2, 0) is 20.8 Å². The number of fused-ring (bicyclic) bond motifs is 1. The maximum Gasteiger partial charge on any atom is 0.255 e. The number of ether oxygens (including phenoxy) is 2. The second kappa shape index (κ2) is 15.5. The first-order valence-corrected chi connectivity index (χ1v) is 13.8. The lowest BCUT2D eigenvalue weighted by molar-refractivity contribution is -0.131. The van der Waals surface area contributed by atoms with E-state index in [1.807, 2.05) is 38.1 Å². The van der Waals surface area contributed by atoms with Crippen molar-refractivity contribution >= 4 is 23.6 Å². The highest BCUT2D eigenvalue weighted by Gasteiger charge is 2.28. The second-order valence-corrected chi connectivity index (χ2v) is 10.2. The third-order valence-electron chi connectivity index (χ3n) is 6.46. The first kappa shape index (κ1) is 30.5. The summed E-state index contributed by atoms with van der Waals surface area (Å²) in [7, 11) is 1.61. The van der Waals surface area contributed by atoms with Crippen molar-refractivity contribution in [3.8, 4) is 11.5 Å². The van der Waals surface area contributed by atoms with Gasteiger partial charge in [0.25, 0.3) is 5.91 Å². The number of carbonyl (C=O) groups is 4. The highest BCUT2D eigenvalue weighted by Crippen LogP contribution is 2.19. The van der Waals surface area contributed by atoms with Gasteiger partial charge in [-0.05, 0) is 61.4 Å². The summed E-state index contributed by atoms with van der Waals surface area (Å²) in [6.07, 6.45) is 2.00. The quantitative estimate of drug-likeness (QED) is 0.372. The van der Waals surface area contributed by atoms with Gasteiger partial charge in [0.05, 0.1) is 25.7 Å². The first-order chi connectivity index (χ1) is 19.3. The second-order valence-electron chi connectivity index (χ2n) is 10.2. The van der Waals surface area contributed by atoms with E-state index in [-0.39, 0.29) is 30.4 Å². The summed E-state index contributed by atoms with van der Waals surface area (Å²) >= 11 is 0. The van der Waals surface area contributed by atoms with Gasteiger partial charge in [0.2, 0.25) is 17.7 Å². The first-order valence-electron chi connectivity index (χ1n) is 13.8. The zero-order chi connectivity index (χ0) is 28.9. The molecule has 0 radical (unpaired) electrons. The van der Waals surface area contributed by atoms with E-state index < -0.39 is 29.8 Å². The summed E-state index contributed by atoms with van der Waals surface area (Å²) < 4.78 is 11.1. The number of hydrogen-bond acceptors (Lipinski definition) is 6. The normalized spacial score (nSPS) is 18.6. The number of methoxy groups -OCH3 is 1. The molecule has 2 atom stereocenters. The Morgan fingerprint density at radius 1 is 1.10 bits per heavy atom. The monoisotopic (exact) mass is 552 g/mol. The topological polar surface area (TPSA) is 135 Å². The number of para-hydroxylation sites is 1. The number of nitrogens with one attached hydrogen (secondary N) is 4. The van der Waals surface area contributed by atoms with Gasteiger partial charge in [-0.15, -0.1) is 0 Å². The van der Waals surface area contributed by atoms with Crippen LogP contribution in [0.5, 0.6) is 11.5 Å². The molecule has 2 aromatic rings. The van der Waals surface area contributed by atoms with Gasteiger partial charge in [0, 0.05) is 13.1 Å². The fourth-order valence-corrected chi connectivity index (χ4v) is 4.41. The van der Waals surface area contributed by atoms with E-state index in [1.54, 1.807) is 31.4 Å². The third kappa shape index (κ3) is 9.59. The van der Waals surface area contributed by atoms with E-state index in [0.29, 0.717) is 44.5 Å². The van der Waals surface area contributed by atoms with Crippen LogP contribution in [-0.4, -0.2) is 62.5 Å². The smallest absolute Gasteiger partial charge is 0.255 e. The predicted octanol–water partition coefficient (Wildman–Crippen LogP) is 2.36. The Bertz CT molecular complexity index is 1170. The van der Waals surface area contributed by atoms with Crippen molar-refractivity contribution in [3.05, 3.63) is 59.7 Å². The summed E-state index contributed by atoms with van der Waals surface area (Å²) in [4.78, 5) is 52.3. The zero-order valence-electron chi connectivity index (χ0n) is 23.5. The van der Waals surface area contributed by atoms with Crippen LogP contribution in [0, 0.1) is 5.92 Å². The average molecular weight is 553 g/mol. The Hall–Kier alpha value is -4.08. The van der Waals surface area contributed by atoms with Crippen molar-refractivity contribution in [3.63, 3.8) is 0 Å². The van der Waals surface area contributed by atoms with Crippen molar-refractivity contribution in [2.45, 2.75) is 58.0 Å². The fraction of sp³-hybridized carbons (Fsp3) is 0.467. The SMILES string of the molecule is COc1cccc(CCCNC(=O)[C@@H]2CC(=O)N[C@@H](CC(C)C)C(=O)NCCCOc3ccccc3C(=O)N2)c1. The largest absolute Gasteiger partial charge is 0.497 e. The number of carbonyl (C=O) groups excluding carboxylic acids is 4. The molecule has 4 amide bonds. The Morgan fingerprint density at radius 3 is 2.67 bits per heavy atom. The molecule has 216 valence electrons. The van der Waals surface area contributed by atoms with E-state index in [0.717, 1.165) is 11.3 Å². The Balaban J connectivity index is 1.73. The van der Waals surface area contributed by atoms with Gasteiger partial charge in [-0.3, -0.25) is 19.2 Å². The Kier molecular flexibility index (Phi) is 11.8. The fourth-order valence-electron chi connectivity index (χ4n) is 4.41. The van der Waals surface area contributed by atoms with Gasteiger partial charge in [-0.1, -0.05) is 38.1 Å². The summed E-state index contributed by atoms with van der Waals surface area (Å²) in [6, 6.07) is 12.5. The molecule has 0 bridgehead atoms. The van der Waals surface area contributed by atoms with Crippen LogP contribution >= 0.6 is 0 Å². The van der Waals surface area contributed by atoms with E-state index in [2.05, 4.69) is 21.3 Å². The Labute approximate surface area is 235 Å². The summed E-state index contributed by atoms with van der Waals surface area (Å²) in [5.41, 5.74) is 1.33. The summed E-state index contributed by atoms with van der Waals surface area (Å²) in [5, 5.41) is 11.1. The number of aryl methyl sites for hydroxylation is 1. The van der Waals surface area contributed by atoms with Crippen molar-refractivity contribution in [1.82, 2.24) is 21.3 Å². The Morgan fingerprint density at radius 2 is 1.90 bits per heavy atom. The summed E-state index contributed by atoms with van der Waals surface area (Å²) in [6.45, 7) is 4.91. The van der Waals surface area contributed by atoms with Crippen molar-refractivity contribution < 1.29 is 28.7 Å². The van der Waals surface area contributed by atoms with Crippen LogP contribution in [0.3, 0.4) is 0 Å². The van der Waals surface area contributed by atoms with Gasteiger partial charge in [0.15, 0.2) is 0 Å². The molecule has 10 heteroatoms. The molecular weight excluding hydrogens is 512 g/mol. The number of rotatable bonds is 8. The maximum atomic E-state index is 13.2. The van der Waals surface area contributed by atoms with Gasteiger partial charge in [-0.25, -0.2) is 0 Å². The van der Waals surface area contributed by atoms with Crippen LogP contribution in [0.4, 0.5) is 0 Å². The van der Waals surface area contributed by atoms with Crippen LogP contribution in [0.25, 0.3) is 0 Å². The molecule has 0 saturated heterocycles. The zero-order valence-corrected chi connectivity index (χ0v) is 23.5. The lowest BCUT2D eigenvalue weighted by Crippen LogP contribution is -2.52. The summed E-state index contributed by atoms with van der Waals surface area (Å²) in [5.74, 6) is -0.527. The predicted molar refractivity (Wildman–Crippen MR) is 151 cm³/mol. The number of benzene rings is 2. The molecule has 1 heterocycles. The molecule has 3 rings (SSSR count). The highest BCUT2D eigenvalue weighted by atomic mass is 16.5. The molecular formula is C30H40N4O6. The number of hydrogen-bond donors (Lipinski definition) is 4. The number of amides is 4. The molecule has 0 saturated carbocycles. The lowest BCUT2D eigenvalue weighted by atomic mass is 10.0. The molecule has 0 spiro atoms. The molecule has 0 aliphatic carbocycles. The van der Waals surface area contributed by atoms with E-state index in [4.69, 9.17) is 9.47 Å². The minimum atomic E-state index is -1.15. The van der Waals surface area contributed by atoms with Crippen molar-refractivity contribution in [2.75, 3.05) is 26.8 Å². The lowest BCUT2D eigenvalue weighted by Gasteiger charge is -2.22. The molecule has 1 aliphatic heterocycles. The highest BCUT2D eigenvalue weighted by molar-refractivity contribution is 6.01. The minimum Gasteiger partial charge on any atom is -0.497 e. The molecule has 0 unspecified atom stereocenters. The molecule has 2 aromatic carbocycles. The third-order valence-corrected chi connectivity index (χ3v) is 6.46. The van der Waals surface area contributed by atoms with E-state index >= 15 is 0 Å². The van der Waals surface area contributed by atoms with Crippen molar-refractivity contribution in [1.29, 1.82) is 0 Å². The molecule has 0 aromatic heterocycles. The van der Waals surface area contributed by atoms with Crippen LogP contribution < -0.4 is 30.7 Å². The van der Waals surface area contributed by atoms with E-state index in [1.165, 1.54) is 0 Å². The van der Waals surface area contributed by atoms with Gasteiger partial charge in [-0.2, -0.15) is 0 Å². The molecule has 10 nitrogen and oxygen atoms in total. The standard InChI is InChI=1S/C30H40N4O6/c1-20(2)17-24-29(37)32-15-8-16-40-26-13-5-4-12-23(26)28(36)34-25(19-27(35)33-24)30(38)31-14-7-10-21-9-6-11-22(18-21)39-3/h4-6,9,11-13,18,20,24-25H,7-8,10,14-17,19H2,1-3H3,(H,31,38)(H,32,37)(H,33,35)(H,34,36)/t24-,25-/m0/s1. The molecule has 0 fully saturated rings. The van der Waals surface area contributed by atoms with Gasteiger partial charge in [0.1, 0.15) is 23.6 Å². The molecule has 4 N–H and O–H groups in total. The molecule has 40 heavy (non-hydrogen) atoms.